The third-order valence-corrected chi connectivity index (χ3v) is 9.50. The monoisotopic (exact) mass is 509 g/mol. The van der Waals surface area contributed by atoms with Crippen LogP contribution in [0.25, 0.3) is 5.70 Å². The van der Waals surface area contributed by atoms with E-state index in [9.17, 15) is 4.79 Å². The Hall–Kier alpha value is -4.02. The van der Waals surface area contributed by atoms with Gasteiger partial charge in [0.25, 0.3) is 0 Å². The molecular weight excluding hydrogens is 478 g/mol. The Labute approximate surface area is 229 Å². The molecule has 2 saturated heterocycles. The van der Waals surface area contributed by atoms with Gasteiger partial charge < -0.3 is 5.32 Å². The maximum absolute atomic E-state index is 15.0. The van der Waals surface area contributed by atoms with E-state index in [1.54, 1.807) is 0 Å². The molecule has 0 aromatic heterocycles. The number of aliphatic imine (C=N–C) groups is 1. The second-order valence-corrected chi connectivity index (χ2v) is 11.3. The number of carbonyl (C=O) groups is 1. The highest BCUT2D eigenvalue weighted by Crippen LogP contribution is 2.64. The molecule has 0 radical (unpaired) electrons. The quantitative estimate of drug-likeness (QED) is 0.424. The van der Waals surface area contributed by atoms with E-state index in [2.05, 4.69) is 89.1 Å². The van der Waals surface area contributed by atoms with E-state index in [1.165, 1.54) is 23.1 Å². The molecule has 4 heteroatoms. The van der Waals surface area contributed by atoms with E-state index < -0.39 is 5.54 Å². The zero-order chi connectivity index (χ0) is 26.0. The van der Waals surface area contributed by atoms with Gasteiger partial charge in [-0.3, -0.25) is 14.7 Å². The molecule has 2 aliphatic carbocycles. The summed E-state index contributed by atoms with van der Waals surface area (Å²) in [5, 5.41) is 3.85. The number of nitrogens with one attached hydrogen (secondary N) is 1. The van der Waals surface area contributed by atoms with Gasteiger partial charge in [-0.2, -0.15) is 0 Å². The van der Waals surface area contributed by atoms with Gasteiger partial charge in [0.2, 0.25) is 0 Å². The summed E-state index contributed by atoms with van der Waals surface area (Å²) in [4.78, 5) is 23.1. The Bertz CT molecular complexity index is 1580. The first-order valence-corrected chi connectivity index (χ1v) is 14.2. The Morgan fingerprint density at radius 3 is 2.51 bits per heavy atom. The number of benzene rings is 3. The largest absolute Gasteiger partial charge is 0.371 e. The first kappa shape index (κ1) is 22.9. The standard InChI is InChI=1S/C35H31N3O/c39-33(24-15-5-2-6-16-24)31-30(23-13-3-1-4-14-23)29-21-11-12-22-38(29)35(31)26-18-8-7-17-25(26)32-34(35)37-28-20-10-9-19-27(28)36-32/h1-10,13-20,27,29-31,36H,11-12,21-22H2/t27?,29-,30-,31-,35+/m1/s1. The fourth-order valence-electron chi connectivity index (χ4n) is 8.07. The van der Waals surface area contributed by atoms with Gasteiger partial charge in [0.15, 0.2) is 5.78 Å². The molecule has 0 amide bonds. The number of hydrogen-bond acceptors (Lipinski definition) is 4. The second kappa shape index (κ2) is 8.75. The summed E-state index contributed by atoms with van der Waals surface area (Å²) in [7, 11) is 0. The number of ketones is 1. The van der Waals surface area contributed by atoms with Crippen LogP contribution in [0.4, 0.5) is 0 Å². The van der Waals surface area contributed by atoms with Crippen LogP contribution in [0, 0.1) is 5.92 Å². The van der Waals surface area contributed by atoms with Gasteiger partial charge in [-0.1, -0.05) is 110 Å². The molecule has 5 aliphatic rings. The highest BCUT2D eigenvalue weighted by molar-refractivity contribution is 6.07. The van der Waals surface area contributed by atoms with Crippen molar-refractivity contribution in [1.82, 2.24) is 10.2 Å². The molecule has 8 rings (SSSR count). The van der Waals surface area contributed by atoms with Gasteiger partial charge in [0, 0.05) is 23.1 Å². The molecule has 3 aromatic carbocycles. The average Bonchev–Trinajstić information content (AvgIpc) is 3.47. The minimum absolute atomic E-state index is 0.0451. The fourth-order valence-corrected chi connectivity index (χ4v) is 8.07. The Balaban J connectivity index is 1.44. The summed E-state index contributed by atoms with van der Waals surface area (Å²) in [6, 6.07) is 29.8. The smallest absolute Gasteiger partial charge is 0.169 e. The molecule has 39 heavy (non-hydrogen) atoms. The van der Waals surface area contributed by atoms with E-state index in [0.717, 1.165) is 42.1 Å². The van der Waals surface area contributed by atoms with Crippen LogP contribution in [-0.2, 0) is 5.54 Å². The van der Waals surface area contributed by atoms with Crippen molar-refractivity contribution in [3.63, 3.8) is 0 Å². The summed E-state index contributed by atoms with van der Waals surface area (Å²) in [5.74, 6) is -0.0208. The fraction of sp³-hybridized carbons (Fsp3) is 0.257. The maximum Gasteiger partial charge on any atom is 0.169 e. The molecule has 1 unspecified atom stereocenters. The maximum atomic E-state index is 15.0. The first-order valence-electron chi connectivity index (χ1n) is 14.2. The van der Waals surface area contributed by atoms with Crippen LogP contribution in [0.15, 0.2) is 120 Å². The van der Waals surface area contributed by atoms with Crippen LogP contribution >= 0.6 is 0 Å². The van der Waals surface area contributed by atoms with Crippen molar-refractivity contribution in [2.45, 2.75) is 42.8 Å². The normalized spacial score (nSPS) is 30.3. The highest BCUT2D eigenvalue weighted by Gasteiger charge is 2.67. The molecule has 4 nitrogen and oxygen atoms in total. The van der Waals surface area contributed by atoms with Crippen LogP contribution in [0.2, 0.25) is 0 Å². The SMILES string of the molecule is O=C(c1ccccc1)[C@H]1[C@H](c2ccccc2)[C@H]2CCCCN2[C@]12C1=C(NC3C=CC=CC3=N1)c1ccccc12. The summed E-state index contributed by atoms with van der Waals surface area (Å²) in [6.07, 6.45) is 11.8. The number of carbonyl (C=O) groups excluding carboxylic acids is 1. The minimum atomic E-state index is -0.635. The minimum Gasteiger partial charge on any atom is -0.371 e. The van der Waals surface area contributed by atoms with Crippen molar-refractivity contribution in [3.8, 4) is 0 Å². The summed E-state index contributed by atoms with van der Waals surface area (Å²) in [5.41, 5.74) is 6.93. The van der Waals surface area contributed by atoms with Crippen molar-refractivity contribution in [2.24, 2.45) is 10.9 Å². The van der Waals surface area contributed by atoms with E-state index in [-0.39, 0.29) is 29.7 Å². The van der Waals surface area contributed by atoms with Crippen LogP contribution < -0.4 is 5.32 Å². The molecule has 3 heterocycles. The number of fused-ring (bicyclic) bond motifs is 7. The molecule has 0 bridgehead atoms. The van der Waals surface area contributed by atoms with Crippen molar-refractivity contribution in [3.05, 3.63) is 137 Å². The second-order valence-electron chi connectivity index (χ2n) is 11.3. The lowest BCUT2D eigenvalue weighted by molar-refractivity contribution is 0.0648. The molecule has 3 aliphatic heterocycles. The first-order chi connectivity index (χ1) is 19.3. The van der Waals surface area contributed by atoms with Crippen molar-refractivity contribution >= 4 is 17.2 Å². The van der Waals surface area contributed by atoms with E-state index >= 15 is 0 Å². The molecular formula is C35H31N3O. The molecule has 192 valence electrons. The predicted molar refractivity (Wildman–Crippen MR) is 155 cm³/mol. The predicted octanol–water partition coefficient (Wildman–Crippen LogP) is 6.25. The summed E-state index contributed by atoms with van der Waals surface area (Å²) in [6.45, 7) is 0.960. The van der Waals surface area contributed by atoms with Gasteiger partial charge >= 0.3 is 0 Å². The zero-order valence-electron chi connectivity index (χ0n) is 21.8. The van der Waals surface area contributed by atoms with E-state index in [0.29, 0.717) is 0 Å². The van der Waals surface area contributed by atoms with Gasteiger partial charge in [0.1, 0.15) is 5.54 Å². The lowest BCUT2D eigenvalue weighted by Gasteiger charge is -2.44. The molecule has 5 atom stereocenters. The lowest BCUT2D eigenvalue weighted by atomic mass is 9.68. The zero-order valence-corrected chi connectivity index (χ0v) is 21.8. The van der Waals surface area contributed by atoms with Gasteiger partial charge in [-0.05, 0) is 36.6 Å². The Morgan fingerprint density at radius 2 is 1.67 bits per heavy atom. The van der Waals surface area contributed by atoms with Crippen LogP contribution in [0.1, 0.15) is 52.2 Å². The number of Topliss-reactive ketones (excluding diaryl/α,β-unsaturated/α-hetero) is 1. The highest BCUT2D eigenvalue weighted by atomic mass is 16.1. The third-order valence-electron chi connectivity index (χ3n) is 9.50. The Kier molecular flexibility index (Phi) is 5.14. The summed E-state index contributed by atoms with van der Waals surface area (Å²) >= 11 is 0. The molecule has 1 N–H and O–H groups in total. The number of nitrogens with zero attached hydrogens (tertiary/aromatic N) is 2. The van der Waals surface area contributed by atoms with Crippen LogP contribution in [-0.4, -0.2) is 35.0 Å². The van der Waals surface area contributed by atoms with Crippen molar-refractivity contribution in [2.75, 3.05) is 6.54 Å². The number of hydrogen-bond donors (Lipinski definition) is 1. The van der Waals surface area contributed by atoms with Gasteiger partial charge in [-0.25, -0.2) is 0 Å². The van der Waals surface area contributed by atoms with E-state index in [1.807, 2.05) is 30.3 Å². The summed E-state index contributed by atoms with van der Waals surface area (Å²) < 4.78 is 0. The molecule has 2 fully saturated rings. The molecule has 3 aromatic rings. The van der Waals surface area contributed by atoms with Crippen molar-refractivity contribution < 1.29 is 4.79 Å². The number of piperidine rings is 1. The third kappa shape index (κ3) is 3.15. The lowest BCUT2D eigenvalue weighted by Crippen LogP contribution is -2.52. The van der Waals surface area contributed by atoms with Crippen LogP contribution in [0.3, 0.4) is 0 Å². The molecule has 1 spiro atoms. The van der Waals surface area contributed by atoms with Crippen LogP contribution in [0.5, 0.6) is 0 Å². The average molecular weight is 510 g/mol. The van der Waals surface area contributed by atoms with Gasteiger partial charge in [-0.15, -0.1) is 0 Å². The van der Waals surface area contributed by atoms with E-state index in [4.69, 9.17) is 4.99 Å². The van der Waals surface area contributed by atoms with Crippen molar-refractivity contribution in [1.29, 1.82) is 0 Å². The number of rotatable bonds is 3. The topological polar surface area (TPSA) is 44.7 Å². The number of allylic oxidation sites excluding steroid dienone is 2. The van der Waals surface area contributed by atoms with Gasteiger partial charge in [0.05, 0.1) is 29.1 Å². The Morgan fingerprint density at radius 1 is 0.897 bits per heavy atom. The molecule has 0 saturated carbocycles.